The van der Waals surface area contributed by atoms with Crippen molar-refractivity contribution in [1.82, 2.24) is 4.90 Å². The van der Waals surface area contributed by atoms with Gasteiger partial charge in [-0.15, -0.1) is 0 Å². The van der Waals surface area contributed by atoms with Gasteiger partial charge in [-0.2, -0.15) is 0 Å². The molecule has 3 rings (SSSR count). The van der Waals surface area contributed by atoms with Crippen molar-refractivity contribution in [3.63, 3.8) is 0 Å². The SMILES string of the molecule is COc1ccc(C(=O)C=Cc2cc(-c3cc(C)cc(C)c3)ccc2OCCN(C)C)c(Cl)c1. The molecule has 0 aliphatic rings. The van der Waals surface area contributed by atoms with Crippen molar-refractivity contribution >= 4 is 23.5 Å². The Morgan fingerprint density at radius 1 is 0.970 bits per heavy atom. The van der Waals surface area contributed by atoms with Crippen LogP contribution in [0.4, 0.5) is 0 Å². The number of carbonyl (C=O) groups is 1. The summed E-state index contributed by atoms with van der Waals surface area (Å²) in [5.41, 5.74) is 5.87. The van der Waals surface area contributed by atoms with Crippen molar-refractivity contribution in [1.29, 1.82) is 0 Å². The van der Waals surface area contributed by atoms with Gasteiger partial charge in [0.15, 0.2) is 5.78 Å². The van der Waals surface area contributed by atoms with Gasteiger partial charge < -0.3 is 14.4 Å². The molecule has 0 amide bonds. The largest absolute Gasteiger partial charge is 0.497 e. The molecule has 4 nitrogen and oxygen atoms in total. The Labute approximate surface area is 201 Å². The molecule has 0 aliphatic heterocycles. The van der Waals surface area contributed by atoms with Gasteiger partial charge in [0.05, 0.1) is 12.1 Å². The maximum absolute atomic E-state index is 12.8. The fraction of sp³-hybridized carbons (Fsp3) is 0.250. The maximum Gasteiger partial charge on any atom is 0.187 e. The average Bonchev–Trinajstić information content (AvgIpc) is 2.77. The van der Waals surface area contributed by atoms with E-state index in [1.54, 1.807) is 31.4 Å². The summed E-state index contributed by atoms with van der Waals surface area (Å²) >= 11 is 6.29. The van der Waals surface area contributed by atoms with E-state index >= 15 is 0 Å². The molecular formula is C28H30ClNO3. The molecule has 3 aromatic rings. The molecule has 0 spiro atoms. The van der Waals surface area contributed by atoms with Gasteiger partial charge in [0.25, 0.3) is 0 Å². The summed E-state index contributed by atoms with van der Waals surface area (Å²) in [6.07, 6.45) is 3.33. The van der Waals surface area contributed by atoms with Gasteiger partial charge in [-0.3, -0.25) is 4.79 Å². The molecule has 0 radical (unpaired) electrons. The van der Waals surface area contributed by atoms with Crippen LogP contribution < -0.4 is 9.47 Å². The molecule has 0 atom stereocenters. The summed E-state index contributed by atoms with van der Waals surface area (Å²) in [5.74, 6) is 1.16. The number of ether oxygens (including phenoxy) is 2. The first-order valence-corrected chi connectivity index (χ1v) is 11.2. The second-order valence-corrected chi connectivity index (χ2v) is 8.73. The third-order valence-electron chi connectivity index (χ3n) is 5.22. The lowest BCUT2D eigenvalue weighted by atomic mass is 9.98. The van der Waals surface area contributed by atoms with Gasteiger partial charge >= 0.3 is 0 Å². The van der Waals surface area contributed by atoms with Crippen molar-refractivity contribution < 1.29 is 14.3 Å². The predicted octanol–water partition coefficient (Wildman–Crippen LogP) is 6.47. The zero-order valence-electron chi connectivity index (χ0n) is 19.8. The highest BCUT2D eigenvalue weighted by molar-refractivity contribution is 6.34. The molecule has 33 heavy (non-hydrogen) atoms. The van der Waals surface area contributed by atoms with E-state index in [1.807, 2.05) is 20.2 Å². The van der Waals surface area contributed by atoms with Gasteiger partial charge in [0, 0.05) is 17.7 Å². The minimum atomic E-state index is -0.182. The number of rotatable bonds is 9. The minimum absolute atomic E-state index is 0.182. The van der Waals surface area contributed by atoms with E-state index in [-0.39, 0.29) is 5.78 Å². The fourth-order valence-electron chi connectivity index (χ4n) is 3.55. The number of benzene rings is 3. The van der Waals surface area contributed by atoms with Crippen LogP contribution in [0.2, 0.25) is 5.02 Å². The van der Waals surface area contributed by atoms with Crippen LogP contribution in [0.3, 0.4) is 0 Å². The van der Waals surface area contributed by atoms with Crippen LogP contribution in [-0.2, 0) is 0 Å². The summed E-state index contributed by atoms with van der Waals surface area (Å²) in [6.45, 7) is 5.53. The Balaban J connectivity index is 1.94. The normalized spacial score (nSPS) is 11.2. The first-order valence-electron chi connectivity index (χ1n) is 10.8. The van der Waals surface area contributed by atoms with Gasteiger partial charge in [-0.1, -0.05) is 47.0 Å². The lowest BCUT2D eigenvalue weighted by molar-refractivity contribution is 0.104. The monoisotopic (exact) mass is 463 g/mol. The van der Waals surface area contributed by atoms with E-state index in [1.165, 1.54) is 17.2 Å². The molecule has 0 saturated heterocycles. The standard InChI is InChI=1S/C28H30ClNO3/c1-19-14-20(2)16-23(15-19)21-7-11-28(33-13-12-30(3)4)22(17-21)6-10-27(31)25-9-8-24(32-5)18-26(25)29/h6-11,14-18H,12-13H2,1-5H3. The number of carbonyl (C=O) groups excluding carboxylic acids is 1. The minimum Gasteiger partial charge on any atom is -0.497 e. The zero-order valence-corrected chi connectivity index (χ0v) is 20.6. The topological polar surface area (TPSA) is 38.8 Å². The predicted molar refractivity (Wildman–Crippen MR) is 137 cm³/mol. The van der Waals surface area contributed by atoms with Crippen molar-refractivity contribution in [2.24, 2.45) is 0 Å². The van der Waals surface area contributed by atoms with E-state index in [0.717, 1.165) is 29.0 Å². The van der Waals surface area contributed by atoms with Crippen molar-refractivity contribution in [2.45, 2.75) is 13.8 Å². The number of likely N-dealkylation sites (N-methyl/N-ethyl adjacent to an activating group) is 1. The molecule has 0 fully saturated rings. The Kier molecular flexibility index (Phi) is 8.32. The van der Waals surface area contributed by atoms with Crippen LogP contribution >= 0.6 is 11.6 Å². The molecule has 0 N–H and O–H groups in total. The number of aryl methyl sites for hydroxylation is 2. The highest BCUT2D eigenvalue weighted by Crippen LogP contribution is 2.30. The second-order valence-electron chi connectivity index (χ2n) is 8.32. The number of halogens is 1. The van der Waals surface area contributed by atoms with Crippen LogP contribution in [0.5, 0.6) is 11.5 Å². The quantitative estimate of drug-likeness (QED) is 0.269. The first-order chi connectivity index (χ1) is 15.8. The Morgan fingerprint density at radius 3 is 2.33 bits per heavy atom. The number of nitrogens with zero attached hydrogens (tertiary/aromatic N) is 1. The lowest BCUT2D eigenvalue weighted by Gasteiger charge is -2.14. The second kappa shape index (κ2) is 11.2. The molecule has 0 heterocycles. The van der Waals surface area contributed by atoms with Gasteiger partial charge in [0.1, 0.15) is 18.1 Å². The summed E-state index contributed by atoms with van der Waals surface area (Å²) in [6, 6.07) is 17.6. The summed E-state index contributed by atoms with van der Waals surface area (Å²) < 4.78 is 11.2. The number of allylic oxidation sites excluding steroid dienone is 1. The number of hydrogen-bond donors (Lipinski definition) is 0. The maximum atomic E-state index is 12.8. The average molecular weight is 464 g/mol. The highest BCUT2D eigenvalue weighted by Gasteiger charge is 2.11. The van der Waals surface area contributed by atoms with Crippen molar-refractivity contribution in [3.8, 4) is 22.6 Å². The van der Waals surface area contributed by atoms with E-state index in [0.29, 0.717) is 22.9 Å². The highest BCUT2D eigenvalue weighted by atomic mass is 35.5. The molecule has 0 aliphatic carbocycles. The molecule has 172 valence electrons. The molecular weight excluding hydrogens is 434 g/mol. The van der Waals surface area contributed by atoms with E-state index < -0.39 is 0 Å². The molecule has 0 unspecified atom stereocenters. The van der Waals surface area contributed by atoms with Crippen LogP contribution in [0, 0.1) is 13.8 Å². The zero-order chi connectivity index (χ0) is 24.0. The van der Waals surface area contributed by atoms with E-state index in [2.05, 4.69) is 49.1 Å². The molecule has 0 aromatic heterocycles. The third-order valence-corrected chi connectivity index (χ3v) is 5.53. The summed E-state index contributed by atoms with van der Waals surface area (Å²) in [5, 5.41) is 0.357. The molecule has 0 saturated carbocycles. The van der Waals surface area contributed by atoms with Crippen LogP contribution in [-0.4, -0.2) is 45.0 Å². The van der Waals surface area contributed by atoms with Crippen molar-refractivity contribution in [2.75, 3.05) is 34.4 Å². The van der Waals surface area contributed by atoms with E-state index in [9.17, 15) is 4.79 Å². The third kappa shape index (κ3) is 6.70. The number of ketones is 1. The lowest BCUT2D eigenvalue weighted by Crippen LogP contribution is -2.19. The molecule has 5 heteroatoms. The van der Waals surface area contributed by atoms with E-state index in [4.69, 9.17) is 21.1 Å². The van der Waals surface area contributed by atoms with Crippen molar-refractivity contribution in [3.05, 3.63) is 87.9 Å². The fourth-order valence-corrected chi connectivity index (χ4v) is 3.81. The summed E-state index contributed by atoms with van der Waals surface area (Å²) in [7, 11) is 5.57. The van der Waals surface area contributed by atoms with Gasteiger partial charge in [-0.05, 0) is 81.6 Å². The van der Waals surface area contributed by atoms with Crippen LogP contribution in [0.1, 0.15) is 27.0 Å². The van der Waals surface area contributed by atoms with Crippen LogP contribution in [0.25, 0.3) is 17.2 Å². The molecule has 0 bridgehead atoms. The Bertz CT molecular complexity index is 1150. The number of hydrogen-bond acceptors (Lipinski definition) is 4. The van der Waals surface area contributed by atoms with Gasteiger partial charge in [-0.25, -0.2) is 0 Å². The van der Waals surface area contributed by atoms with Crippen LogP contribution in [0.15, 0.2) is 60.7 Å². The molecule has 3 aromatic carbocycles. The Morgan fingerprint density at radius 2 is 1.70 bits per heavy atom. The summed E-state index contributed by atoms with van der Waals surface area (Å²) in [4.78, 5) is 14.9. The Hall–Kier alpha value is -3.08. The van der Waals surface area contributed by atoms with Gasteiger partial charge in [0.2, 0.25) is 0 Å². The first kappa shape index (κ1) is 24.6. The smallest absolute Gasteiger partial charge is 0.187 e. The number of methoxy groups -OCH3 is 1.